The van der Waals surface area contributed by atoms with Gasteiger partial charge in [0.2, 0.25) is 0 Å². The van der Waals surface area contributed by atoms with Crippen LogP contribution in [0.4, 0.5) is 11.5 Å². The molecule has 0 fully saturated rings. The van der Waals surface area contributed by atoms with Gasteiger partial charge < -0.3 is 14.2 Å². The molecule has 5 rings (SSSR count). The number of fused-ring (bicyclic) bond motifs is 1. The highest BCUT2D eigenvalue weighted by Gasteiger charge is 2.34. The van der Waals surface area contributed by atoms with Crippen molar-refractivity contribution in [2.24, 2.45) is 0 Å². The molecule has 1 aliphatic rings. The van der Waals surface area contributed by atoms with Crippen LogP contribution in [0.2, 0.25) is 0 Å². The van der Waals surface area contributed by atoms with E-state index in [-0.39, 0.29) is 11.9 Å². The first-order valence-electron chi connectivity index (χ1n) is 10.5. The van der Waals surface area contributed by atoms with Crippen LogP contribution >= 0.6 is 0 Å². The van der Waals surface area contributed by atoms with Crippen LogP contribution in [0.5, 0.6) is 0 Å². The van der Waals surface area contributed by atoms with Crippen LogP contribution in [-0.4, -0.2) is 33.4 Å². The van der Waals surface area contributed by atoms with Gasteiger partial charge in [0.1, 0.15) is 5.56 Å². The van der Waals surface area contributed by atoms with Gasteiger partial charge in [0.25, 0.3) is 5.91 Å². The molecule has 6 heteroatoms. The Bertz CT molecular complexity index is 1220. The Kier molecular flexibility index (Phi) is 5.25. The minimum Gasteiger partial charge on any atom is -0.461 e. The van der Waals surface area contributed by atoms with Gasteiger partial charge in [-0.05, 0) is 29.8 Å². The van der Waals surface area contributed by atoms with Crippen LogP contribution in [0.15, 0.2) is 102 Å². The van der Waals surface area contributed by atoms with Crippen molar-refractivity contribution < 1.29 is 9.21 Å². The van der Waals surface area contributed by atoms with E-state index in [1.54, 1.807) is 24.6 Å². The van der Waals surface area contributed by atoms with E-state index in [2.05, 4.69) is 16.5 Å². The monoisotopic (exact) mass is 422 g/mol. The molecule has 0 N–H and O–H groups in total. The Morgan fingerprint density at radius 2 is 1.78 bits per heavy atom. The number of benzene rings is 2. The van der Waals surface area contributed by atoms with Gasteiger partial charge in [-0.2, -0.15) is 0 Å². The van der Waals surface area contributed by atoms with E-state index in [1.165, 1.54) is 0 Å². The summed E-state index contributed by atoms with van der Waals surface area (Å²) in [7, 11) is 0. The highest BCUT2D eigenvalue weighted by atomic mass is 16.3. The number of furan rings is 1. The number of amides is 1. The molecule has 0 bridgehead atoms. The standard InChI is InChI=1S/C26H22N4O2/c1-2-20-18-29(17-19-10-5-3-6-11-19)26(31)22-16-27-24(23-14-9-15-32-23)28-25(22)30(20)21-12-7-4-8-13-21/h2-16,20H,1,17-18H2. The maximum Gasteiger partial charge on any atom is 0.259 e. The Morgan fingerprint density at radius 1 is 1.03 bits per heavy atom. The fourth-order valence-electron chi connectivity index (χ4n) is 3.97. The molecule has 2 aromatic heterocycles. The summed E-state index contributed by atoms with van der Waals surface area (Å²) < 4.78 is 5.50. The molecule has 1 atom stereocenters. The number of nitrogens with zero attached hydrogens (tertiary/aromatic N) is 4. The molecule has 1 aliphatic heterocycles. The fraction of sp³-hybridized carbons (Fsp3) is 0.115. The molecule has 0 spiro atoms. The predicted molar refractivity (Wildman–Crippen MR) is 123 cm³/mol. The van der Waals surface area contributed by atoms with Crippen molar-refractivity contribution in [3.05, 3.63) is 109 Å². The summed E-state index contributed by atoms with van der Waals surface area (Å²) in [6, 6.07) is 23.3. The quantitative estimate of drug-likeness (QED) is 0.420. The Balaban J connectivity index is 1.65. The maximum absolute atomic E-state index is 13.6. The molecule has 158 valence electrons. The molecule has 32 heavy (non-hydrogen) atoms. The molecule has 0 aliphatic carbocycles. The summed E-state index contributed by atoms with van der Waals surface area (Å²) in [4.78, 5) is 26.8. The molecular formula is C26H22N4O2. The van der Waals surface area contributed by atoms with E-state index >= 15 is 0 Å². The number of carbonyl (C=O) groups excluding carboxylic acids is 1. The summed E-state index contributed by atoms with van der Waals surface area (Å²) in [5.74, 6) is 1.42. The van der Waals surface area contributed by atoms with Gasteiger partial charge in [-0.15, -0.1) is 6.58 Å². The van der Waals surface area contributed by atoms with Gasteiger partial charge in [-0.1, -0.05) is 54.6 Å². The first kappa shape index (κ1) is 19.8. The molecule has 3 heterocycles. The third-order valence-electron chi connectivity index (χ3n) is 5.52. The van der Waals surface area contributed by atoms with Crippen LogP contribution in [0.3, 0.4) is 0 Å². The average Bonchev–Trinajstić information content (AvgIpc) is 3.35. The Hall–Kier alpha value is -4.19. The lowest BCUT2D eigenvalue weighted by Gasteiger charge is -2.31. The largest absolute Gasteiger partial charge is 0.461 e. The predicted octanol–water partition coefficient (Wildman–Crippen LogP) is 5.09. The van der Waals surface area contributed by atoms with Crippen LogP contribution in [-0.2, 0) is 6.54 Å². The number of aromatic nitrogens is 2. The van der Waals surface area contributed by atoms with Crippen molar-refractivity contribution in [1.82, 2.24) is 14.9 Å². The van der Waals surface area contributed by atoms with Crippen LogP contribution in [0, 0.1) is 0 Å². The maximum atomic E-state index is 13.6. The smallest absolute Gasteiger partial charge is 0.259 e. The minimum atomic E-state index is -0.175. The van der Waals surface area contributed by atoms with E-state index in [0.717, 1.165) is 11.3 Å². The van der Waals surface area contributed by atoms with Gasteiger partial charge in [0.15, 0.2) is 17.4 Å². The molecule has 2 aromatic carbocycles. The van der Waals surface area contributed by atoms with Crippen molar-refractivity contribution in [2.45, 2.75) is 12.6 Å². The zero-order chi connectivity index (χ0) is 21.9. The first-order valence-corrected chi connectivity index (χ1v) is 10.5. The lowest BCUT2D eigenvalue weighted by molar-refractivity contribution is 0.0747. The minimum absolute atomic E-state index is 0.111. The highest BCUT2D eigenvalue weighted by Crippen LogP contribution is 2.34. The molecule has 0 radical (unpaired) electrons. The van der Waals surface area contributed by atoms with E-state index in [4.69, 9.17) is 9.40 Å². The van der Waals surface area contributed by atoms with Crippen molar-refractivity contribution >= 4 is 17.4 Å². The molecule has 0 saturated heterocycles. The van der Waals surface area contributed by atoms with Crippen molar-refractivity contribution in [1.29, 1.82) is 0 Å². The highest BCUT2D eigenvalue weighted by molar-refractivity contribution is 6.00. The lowest BCUT2D eigenvalue weighted by Crippen LogP contribution is -2.39. The summed E-state index contributed by atoms with van der Waals surface area (Å²) in [5, 5.41) is 0. The first-order chi connectivity index (χ1) is 15.7. The topological polar surface area (TPSA) is 62.5 Å². The van der Waals surface area contributed by atoms with Crippen LogP contribution in [0.1, 0.15) is 15.9 Å². The third-order valence-corrected chi connectivity index (χ3v) is 5.52. The lowest BCUT2D eigenvalue weighted by atomic mass is 10.1. The van der Waals surface area contributed by atoms with Gasteiger partial charge >= 0.3 is 0 Å². The van der Waals surface area contributed by atoms with Crippen molar-refractivity contribution in [3.8, 4) is 11.6 Å². The molecule has 0 saturated carbocycles. The average molecular weight is 422 g/mol. The third kappa shape index (κ3) is 3.67. The van der Waals surface area contributed by atoms with Crippen molar-refractivity contribution in [2.75, 3.05) is 11.4 Å². The SMILES string of the molecule is C=CC1CN(Cc2ccccc2)C(=O)c2cnc(-c3ccco3)nc2N1c1ccccc1. The Labute approximate surface area is 186 Å². The zero-order valence-corrected chi connectivity index (χ0v) is 17.5. The molecular weight excluding hydrogens is 400 g/mol. The second-order valence-corrected chi connectivity index (χ2v) is 7.59. The number of hydrogen-bond acceptors (Lipinski definition) is 5. The Morgan fingerprint density at radius 3 is 2.47 bits per heavy atom. The van der Waals surface area contributed by atoms with Crippen molar-refractivity contribution in [3.63, 3.8) is 0 Å². The zero-order valence-electron chi connectivity index (χ0n) is 17.5. The van der Waals surface area contributed by atoms with Crippen LogP contribution < -0.4 is 4.90 Å². The fourth-order valence-corrected chi connectivity index (χ4v) is 3.97. The molecule has 6 nitrogen and oxygen atoms in total. The van der Waals surface area contributed by atoms with E-state index in [9.17, 15) is 4.79 Å². The second kappa shape index (κ2) is 8.51. The second-order valence-electron chi connectivity index (χ2n) is 7.59. The normalized spacial score (nSPS) is 15.9. The summed E-state index contributed by atoms with van der Waals surface area (Å²) in [5.41, 5.74) is 2.44. The van der Waals surface area contributed by atoms with Gasteiger partial charge in [0.05, 0.1) is 12.3 Å². The van der Waals surface area contributed by atoms with E-state index < -0.39 is 0 Å². The van der Waals surface area contributed by atoms with E-state index in [0.29, 0.717) is 36.1 Å². The molecule has 1 amide bonds. The summed E-state index contributed by atoms with van der Waals surface area (Å²) in [6.07, 6.45) is 5.04. The number of anilines is 2. The van der Waals surface area contributed by atoms with Gasteiger partial charge in [0, 0.05) is 25.0 Å². The number of para-hydroxylation sites is 1. The summed E-state index contributed by atoms with van der Waals surface area (Å²) >= 11 is 0. The number of rotatable bonds is 5. The molecule has 4 aromatic rings. The van der Waals surface area contributed by atoms with Gasteiger partial charge in [-0.25, -0.2) is 9.97 Å². The number of hydrogen-bond donors (Lipinski definition) is 0. The van der Waals surface area contributed by atoms with Crippen LogP contribution in [0.25, 0.3) is 11.6 Å². The van der Waals surface area contributed by atoms with Gasteiger partial charge in [-0.3, -0.25) is 4.79 Å². The molecule has 1 unspecified atom stereocenters. The summed E-state index contributed by atoms with van der Waals surface area (Å²) in [6.45, 7) is 5.03. The van der Waals surface area contributed by atoms with E-state index in [1.807, 2.05) is 71.6 Å². The number of carbonyl (C=O) groups is 1.